The van der Waals surface area contributed by atoms with Gasteiger partial charge in [0.1, 0.15) is 27.8 Å². The summed E-state index contributed by atoms with van der Waals surface area (Å²) < 4.78 is 75.1. The average molecular weight is 522 g/mol. The Kier molecular flexibility index (Phi) is 7.45. The summed E-state index contributed by atoms with van der Waals surface area (Å²) in [4.78, 5) is -0.907. The molecule has 0 saturated carbocycles. The van der Waals surface area contributed by atoms with E-state index in [2.05, 4.69) is 20.5 Å². The molecule has 0 aliphatic rings. The van der Waals surface area contributed by atoms with Crippen molar-refractivity contribution in [3.63, 3.8) is 0 Å². The number of anilines is 1. The van der Waals surface area contributed by atoms with Crippen LogP contribution in [0.5, 0.6) is 11.5 Å². The Morgan fingerprint density at radius 2 is 1.26 bits per heavy atom. The van der Waals surface area contributed by atoms with Crippen LogP contribution in [0.2, 0.25) is 0 Å². The summed E-state index contributed by atoms with van der Waals surface area (Å²) in [6, 6.07) is 11.4. The number of methoxy groups -OCH3 is 2. The largest absolute Gasteiger partial charge is 0.495 e. The van der Waals surface area contributed by atoms with Crippen LogP contribution >= 0.6 is 0 Å². The fourth-order valence-electron chi connectivity index (χ4n) is 2.75. The zero-order valence-electron chi connectivity index (χ0n) is 18.2. The molecule has 0 spiro atoms. The maximum atomic E-state index is 11.9. The molecular formula is C20H19N5O8S2. The van der Waals surface area contributed by atoms with E-state index in [4.69, 9.17) is 19.8 Å². The van der Waals surface area contributed by atoms with Gasteiger partial charge in [-0.3, -0.25) is 9.11 Å². The van der Waals surface area contributed by atoms with Gasteiger partial charge in [-0.1, -0.05) is 0 Å². The molecule has 0 bridgehead atoms. The van der Waals surface area contributed by atoms with Crippen molar-refractivity contribution in [2.24, 2.45) is 20.5 Å². The molecule has 4 N–H and O–H groups in total. The monoisotopic (exact) mass is 521 g/mol. The van der Waals surface area contributed by atoms with Crippen LogP contribution in [0.3, 0.4) is 0 Å². The third-order valence-corrected chi connectivity index (χ3v) is 6.18. The van der Waals surface area contributed by atoms with Crippen molar-refractivity contribution >= 4 is 48.7 Å². The number of benzene rings is 3. The molecule has 3 aromatic rings. The van der Waals surface area contributed by atoms with Crippen molar-refractivity contribution in [3.8, 4) is 11.5 Å². The summed E-state index contributed by atoms with van der Waals surface area (Å²) in [6.45, 7) is 0. The Morgan fingerprint density at radius 3 is 1.83 bits per heavy atom. The first kappa shape index (κ1) is 25.7. The molecule has 0 amide bonds. The molecule has 13 nitrogen and oxygen atoms in total. The molecule has 0 aliphatic heterocycles. The van der Waals surface area contributed by atoms with E-state index in [0.717, 1.165) is 18.2 Å². The van der Waals surface area contributed by atoms with E-state index in [1.54, 1.807) is 0 Å². The fraction of sp³-hybridized carbons (Fsp3) is 0.100. The number of nitrogens with zero attached hydrogens (tertiary/aromatic N) is 4. The van der Waals surface area contributed by atoms with Crippen LogP contribution < -0.4 is 15.2 Å². The average Bonchev–Trinajstić information content (AvgIpc) is 2.81. The number of ether oxygens (including phenoxy) is 2. The minimum atomic E-state index is -4.73. The maximum Gasteiger partial charge on any atom is 0.296 e. The van der Waals surface area contributed by atoms with Gasteiger partial charge in [0.15, 0.2) is 0 Å². The zero-order valence-corrected chi connectivity index (χ0v) is 19.9. The van der Waals surface area contributed by atoms with Crippen LogP contribution in [-0.2, 0) is 20.2 Å². The lowest BCUT2D eigenvalue weighted by Crippen LogP contribution is -1.98. The van der Waals surface area contributed by atoms with Crippen LogP contribution in [0.1, 0.15) is 0 Å². The second kappa shape index (κ2) is 10.1. The highest BCUT2D eigenvalue weighted by molar-refractivity contribution is 7.86. The highest BCUT2D eigenvalue weighted by Crippen LogP contribution is 2.38. The van der Waals surface area contributed by atoms with Gasteiger partial charge in [-0.05, 0) is 42.5 Å². The number of rotatable bonds is 8. The van der Waals surface area contributed by atoms with Gasteiger partial charge in [-0.25, -0.2) is 0 Å². The summed E-state index contributed by atoms with van der Waals surface area (Å²) in [5.41, 5.74) is 6.39. The molecule has 0 atom stereocenters. The number of nitrogen functional groups attached to an aromatic ring is 1. The molecular weight excluding hydrogens is 502 g/mol. The van der Waals surface area contributed by atoms with Crippen molar-refractivity contribution < 1.29 is 35.4 Å². The van der Waals surface area contributed by atoms with E-state index in [0.29, 0.717) is 11.4 Å². The quantitative estimate of drug-likeness (QED) is 0.215. The number of hydrogen-bond donors (Lipinski definition) is 3. The van der Waals surface area contributed by atoms with Gasteiger partial charge in [0.2, 0.25) is 0 Å². The molecule has 3 aromatic carbocycles. The molecule has 0 aliphatic carbocycles. The van der Waals surface area contributed by atoms with Gasteiger partial charge in [0.25, 0.3) is 20.2 Å². The highest BCUT2D eigenvalue weighted by atomic mass is 32.2. The van der Waals surface area contributed by atoms with E-state index in [9.17, 15) is 21.4 Å². The van der Waals surface area contributed by atoms with Crippen LogP contribution in [-0.4, -0.2) is 40.2 Å². The van der Waals surface area contributed by atoms with Gasteiger partial charge in [0.05, 0.1) is 36.2 Å². The second-order valence-corrected chi connectivity index (χ2v) is 9.57. The van der Waals surface area contributed by atoms with Gasteiger partial charge in [-0.2, -0.15) is 27.1 Å². The fourth-order valence-corrected chi connectivity index (χ4v) is 3.87. The number of hydrogen-bond acceptors (Lipinski definition) is 11. The predicted octanol–water partition coefficient (Wildman–Crippen LogP) is 4.61. The van der Waals surface area contributed by atoms with E-state index in [-0.39, 0.29) is 33.4 Å². The zero-order chi connectivity index (χ0) is 25.8. The molecule has 0 fully saturated rings. The molecule has 0 radical (unpaired) electrons. The lowest BCUT2D eigenvalue weighted by molar-refractivity contribution is 0.406. The van der Waals surface area contributed by atoms with Crippen molar-refractivity contribution in [1.82, 2.24) is 0 Å². The lowest BCUT2D eigenvalue weighted by atomic mass is 10.2. The summed E-state index contributed by atoms with van der Waals surface area (Å²) in [7, 11) is -6.29. The van der Waals surface area contributed by atoms with E-state index >= 15 is 0 Å². The van der Waals surface area contributed by atoms with E-state index in [1.807, 2.05) is 0 Å². The lowest BCUT2D eigenvalue weighted by Gasteiger charge is -2.09. The predicted molar refractivity (Wildman–Crippen MR) is 125 cm³/mol. The SMILES string of the molecule is COc1cc(/N=N\c2ccc(N=Nc3ccc(S(=O)(=O)O)cc3)cc2S(=O)(=O)O)c(OC)cc1N. The van der Waals surface area contributed by atoms with E-state index < -0.39 is 25.1 Å². The topological polar surface area (TPSA) is 203 Å². The molecule has 0 heterocycles. The van der Waals surface area contributed by atoms with Crippen molar-refractivity contribution in [1.29, 1.82) is 0 Å². The van der Waals surface area contributed by atoms with Crippen LogP contribution in [0.25, 0.3) is 0 Å². The van der Waals surface area contributed by atoms with Crippen molar-refractivity contribution in [2.45, 2.75) is 9.79 Å². The first-order valence-corrected chi connectivity index (χ1v) is 12.3. The molecule has 15 heteroatoms. The molecule has 0 unspecified atom stereocenters. The maximum absolute atomic E-state index is 11.9. The Bertz CT molecular complexity index is 1520. The van der Waals surface area contributed by atoms with Crippen LogP contribution in [0, 0.1) is 0 Å². The van der Waals surface area contributed by atoms with Crippen LogP contribution in [0.15, 0.2) is 84.8 Å². The summed E-state index contributed by atoms with van der Waals surface area (Å²) >= 11 is 0. The number of azo groups is 2. The smallest absolute Gasteiger partial charge is 0.296 e. The summed E-state index contributed by atoms with van der Waals surface area (Å²) in [6.07, 6.45) is 0. The Hall–Kier alpha value is -3.92. The Balaban J connectivity index is 1.95. The number of nitrogens with two attached hydrogens (primary N) is 1. The first-order chi connectivity index (χ1) is 16.4. The Labute approximate surface area is 200 Å². The second-order valence-electron chi connectivity index (χ2n) is 6.76. The normalized spacial score (nSPS) is 12.3. The van der Waals surface area contributed by atoms with Gasteiger partial charge in [-0.15, -0.1) is 10.2 Å². The molecule has 3 rings (SSSR count). The minimum Gasteiger partial charge on any atom is -0.495 e. The summed E-state index contributed by atoms with van der Waals surface area (Å²) in [5, 5.41) is 15.6. The summed E-state index contributed by atoms with van der Waals surface area (Å²) in [5.74, 6) is 0.557. The third-order valence-electron chi connectivity index (χ3n) is 4.43. The van der Waals surface area contributed by atoms with E-state index in [1.165, 1.54) is 50.6 Å². The molecule has 184 valence electrons. The molecule has 35 heavy (non-hydrogen) atoms. The van der Waals surface area contributed by atoms with Crippen molar-refractivity contribution in [2.75, 3.05) is 20.0 Å². The first-order valence-electron chi connectivity index (χ1n) is 9.46. The van der Waals surface area contributed by atoms with Gasteiger partial charge < -0.3 is 15.2 Å². The molecule has 0 saturated heterocycles. The van der Waals surface area contributed by atoms with Crippen LogP contribution in [0.4, 0.5) is 28.4 Å². The van der Waals surface area contributed by atoms with Gasteiger partial charge >= 0.3 is 0 Å². The Morgan fingerprint density at radius 1 is 0.686 bits per heavy atom. The minimum absolute atomic E-state index is 0.0437. The highest BCUT2D eigenvalue weighted by Gasteiger charge is 2.17. The van der Waals surface area contributed by atoms with Crippen molar-refractivity contribution in [3.05, 3.63) is 54.6 Å². The third kappa shape index (κ3) is 6.36. The van der Waals surface area contributed by atoms with Gasteiger partial charge in [0, 0.05) is 12.1 Å². The molecule has 0 aromatic heterocycles. The standard InChI is InChI=1S/C20H19N5O8S2/c1-32-18-11-17(19(33-2)10-15(18)21)25-24-16-8-5-13(9-20(16)35(29,30)31)23-22-12-3-6-14(7-4-12)34(26,27)28/h3-11H,21H2,1-2H3,(H,26,27,28)(H,29,30,31)/b23-22?,25-24-.